The molecule has 0 radical (unpaired) electrons. The number of amidine groups is 1. The smallest absolute Gasteiger partial charge is 0.337 e. The predicted octanol–water partition coefficient (Wildman–Crippen LogP) is 2.84. The third-order valence-corrected chi connectivity index (χ3v) is 5.04. The summed E-state index contributed by atoms with van der Waals surface area (Å²) in [6, 6.07) is 5.83. The molecule has 3 heterocycles. The molecule has 0 bridgehead atoms. The average molecular weight is 409 g/mol. The molecule has 27 heavy (non-hydrogen) atoms. The number of halogens is 2. The Hall–Kier alpha value is -2.29. The van der Waals surface area contributed by atoms with Gasteiger partial charge in [-0.15, -0.1) is 11.3 Å². The van der Waals surface area contributed by atoms with Gasteiger partial charge in [0.1, 0.15) is 5.82 Å². The van der Waals surface area contributed by atoms with Crippen molar-refractivity contribution in [3.63, 3.8) is 0 Å². The van der Waals surface area contributed by atoms with Crippen LogP contribution in [-0.4, -0.2) is 47.9 Å². The van der Waals surface area contributed by atoms with Crippen molar-refractivity contribution in [1.29, 1.82) is 0 Å². The highest BCUT2D eigenvalue weighted by atomic mass is 35.5. The predicted molar refractivity (Wildman–Crippen MR) is 103 cm³/mol. The molecule has 0 amide bonds. The van der Waals surface area contributed by atoms with Crippen LogP contribution in [0.15, 0.2) is 52.1 Å². The van der Waals surface area contributed by atoms with Gasteiger partial charge in [-0.1, -0.05) is 17.7 Å². The number of carbonyl (C=O) groups is 1. The molecule has 1 aromatic carbocycles. The van der Waals surface area contributed by atoms with Crippen LogP contribution in [0.1, 0.15) is 11.4 Å². The van der Waals surface area contributed by atoms with E-state index in [9.17, 15) is 9.18 Å². The Morgan fingerprint density at radius 3 is 2.89 bits per heavy atom. The summed E-state index contributed by atoms with van der Waals surface area (Å²) >= 11 is 6.94. The molecular weight excluding hydrogens is 391 g/mol. The van der Waals surface area contributed by atoms with Gasteiger partial charge in [0.25, 0.3) is 0 Å². The molecule has 9 heteroatoms. The maximum Gasteiger partial charge on any atom is 0.337 e. The lowest BCUT2D eigenvalue weighted by atomic mass is 10.1. The lowest BCUT2D eigenvalue weighted by molar-refractivity contribution is -0.136. The Balaban J connectivity index is 0.000000221. The lowest BCUT2D eigenvalue weighted by Crippen LogP contribution is -2.35. The normalized spacial score (nSPS) is 18.4. The topological polar surface area (TPSA) is 80.8 Å². The zero-order valence-electron chi connectivity index (χ0n) is 14.6. The monoisotopic (exact) mass is 408 g/mol. The summed E-state index contributed by atoms with van der Waals surface area (Å²) in [5.74, 6) is 0.194. The van der Waals surface area contributed by atoms with Crippen LogP contribution < -0.4 is 5.73 Å². The minimum Gasteiger partial charge on any atom is -0.466 e. The zero-order valence-corrected chi connectivity index (χ0v) is 16.1. The molecule has 4 rings (SSSR count). The molecule has 142 valence electrons. The fourth-order valence-corrected chi connectivity index (χ4v) is 3.71. The first-order valence-electron chi connectivity index (χ1n) is 8.18. The molecule has 2 aliphatic heterocycles. The highest BCUT2D eigenvalue weighted by Gasteiger charge is 2.36. The van der Waals surface area contributed by atoms with Crippen LogP contribution in [-0.2, 0) is 9.53 Å². The number of carbonyl (C=O) groups excluding carboxylic acids is 1. The standard InChI is InChI=1S/C12H14N4O2S.C6H4ClF/c1-18-12(17)8-5-15-10(11-14-2-3-19-11)16-6-7(13)4-9(8)16;7-5-2-1-3-6(8)4-5/h2-3,7H,4-6,13H2,1H3;1-4H. The van der Waals surface area contributed by atoms with E-state index in [2.05, 4.69) is 9.98 Å². The molecule has 0 saturated carbocycles. The number of aromatic nitrogens is 1. The number of fused-ring (bicyclic) bond motifs is 1. The summed E-state index contributed by atoms with van der Waals surface area (Å²) in [5, 5.41) is 3.20. The minimum atomic E-state index is -0.323. The molecule has 2 N–H and O–H groups in total. The number of aliphatic imine (C=N–C) groups is 1. The number of ether oxygens (including phenoxy) is 1. The van der Waals surface area contributed by atoms with E-state index in [1.165, 1.54) is 30.6 Å². The lowest BCUT2D eigenvalue weighted by Gasteiger charge is -2.26. The summed E-state index contributed by atoms with van der Waals surface area (Å²) in [5.41, 5.74) is 7.55. The first kappa shape index (κ1) is 19.5. The second kappa shape index (κ2) is 8.60. The fourth-order valence-electron chi connectivity index (χ4n) is 2.88. The van der Waals surface area contributed by atoms with Crippen LogP contribution in [0.2, 0.25) is 5.02 Å². The number of benzene rings is 1. The van der Waals surface area contributed by atoms with Gasteiger partial charge in [-0.25, -0.2) is 14.2 Å². The van der Waals surface area contributed by atoms with E-state index in [0.717, 1.165) is 16.5 Å². The van der Waals surface area contributed by atoms with E-state index in [0.29, 0.717) is 30.1 Å². The first-order valence-corrected chi connectivity index (χ1v) is 9.44. The van der Waals surface area contributed by atoms with Crippen LogP contribution in [0, 0.1) is 5.82 Å². The van der Waals surface area contributed by atoms with Crippen molar-refractivity contribution in [3.05, 3.63) is 63.0 Å². The molecule has 1 atom stereocenters. The second-order valence-electron chi connectivity index (χ2n) is 5.91. The number of nitrogens with zero attached hydrogens (tertiary/aromatic N) is 3. The van der Waals surface area contributed by atoms with E-state index < -0.39 is 0 Å². The second-order valence-corrected chi connectivity index (χ2v) is 7.24. The van der Waals surface area contributed by atoms with Gasteiger partial charge in [0.2, 0.25) is 0 Å². The SMILES string of the molecule is COC(=O)C1=C2CC(N)CN2C(c2nccs2)=NC1.Fc1cccc(Cl)c1. The molecule has 1 saturated heterocycles. The molecule has 1 unspecified atom stereocenters. The third-order valence-electron chi connectivity index (χ3n) is 4.03. The van der Waals surface area contributed by atoms with Gasteiger partial charge in [0.05, 0.1) is 19.2 Å². The van der Waals surface area contributed by atoms with Crippen LogP contribution >= 0.6 is 22.9 Å². The highest BCUT2D eigenvalue weighted by Crippen LogP contribution is 2.30. The first-order chi connectivity index (χ1) is 13.0. The Kier molecular flexibility index (Phi) is 6.20. The van der Waals surface area contributed by atoms with Crippen molar-refractivity contribution in [1.82, 2.24) is 9.88 Å². The van der Waals surface area contributed by atoms with Gasteiger partial charge in [-0.3, -0.25) is 4.99 Å². The van der Waals surface area contributed by atoms with Gasteiger partial charge >= 0.3 is 5.97 Å². The maximum atomic E-state index is 12.1. The fraction of sp³-hybridized carbons (Fsp3) is 0.278. The number of nitrogens with two attached hydrogens (primary N) is 1. The summed E-state index contributed by atoms with van der Waals surface area (Å²) in [6.07, 6.45) is 2.42. The van der Waals surface area contributed by atoms with E-state index in [1.54, 1.807) is 18.3 Å². The van der Waals surface area contributed by atoms with Crippen molar-refractivity contribution < 1.29 is 13.9 Å². The van der Waals surface area contributed by atoms with E-state index >= 15 is 0 Å². The molecule has 0 aliphatic carbocycles. The van der Waals surface area contributed by atoms with E-state index in [-0.39, 0.29) is 17.8 Å². The number of esters is 1. The Morgan fingerprint density at radius 1 is 1.48 bits per heavy atom. The Morgan fingerprint density at radius 2 is 2.30 bits per heavy atom. The van der Waals surface area contributed by atoms with Crippen LogP contribution in [0.5, 0.6) is 0 Å². The van der Waals surface area contributed by atoms with Crippen molar-refractivity contribution >= 4 is 34.7 Å². The Bertz CT molecular complexity index is 868. The number of hydrogen-bond donors (Lipinski definition) is 1. The Labute approximate surface area is 165 Å². The van der Waals surface area contributed by atoms with Gasteiger partial charge in [-0.2, -0.15) is 0 Å². The van der Waals surface area contributed by atoms with Crippen molar-refractivity contribution in [3.8, 4) is 0 Å². The largest absolute Gasteiger partial charge is 0.466 e. The summed E-state index contributed by atoms with van der Waals surface area (Å²) < 4.78 is 16.9. The average Bonchev–Trinajstić information content (AvgIpc) is 3.29. The molecule has 1 aromatic heterocycles. The summed E-state index contributed by atoms with van der Waals surface area (Å²) in [4.78, 5) is 22.5. The molecule has 2 aromatic rings. The van der Waals surface area contributed by atoms with Crippen molar-refractivity contribution in [2.75, 3.05) is 20.2 Å². The van der Waals surface area contributed by atoms with Crippen LogP contribution in [0.4, 0.5) is 4.39 Å². The number of rotatable bonds is 2. The highest BCUT2D eigenvalue weighted by molar-refractivity contribution is 7.11. The molecular formula is C18H18ClFN4O2S. The molecule has 1 fully saturated rings. The van der Waals surface area contributed by atoms with Gasteiger partial charge < -0.3 is 15.4 Å². The van der Waals surface area contributed by atoms with Crippen molar-refractivity contribution in [2.45, 2.75) is 12.5 Å². The minimum absolute atomic E-state index is 0.0120. The van der Waals surface area contributed by atoms with Gasteiger partial charge in [0, 0.05) is 41.3 Å². The molecule has 0 spiro atoms. The van der Waals surface area contributed by atoms with Crippen molar-refractivity contribution in [2.24, 2.45) is 10.7 Å². The maximum absolute atomic E-state index is 12.1. The third kappa shape index (κ3) is 4.52. The van der Waals surface area contributed by atoms with E-state index in [4.69, 9.17) is 22.1 Å². The quantitative estimate of drug-likeness (QED) is 0.773. The van der Waals surface area contributed by atoms with Gasteiger partial charge in [-0.05, 0) is 18.2 Å². The van der Waals surface area contributed by atoms with Gasteiger partial charge in [0.15, 0.2) is 10.8 Å². The number of thiazole rings is 1. The summed E-state index contributed by atoms with van der Waals surface area (Å²) in [7, 11) is 1.38. The van der Waals surface area contributed by atoms with E-state index in [1.807, 2.05) is 10.3 Å². The zero-order chi connectivity index (χ0) is 19.4. The number of hydrogen-bond acceptors (Lipinski definition) is 7. The molecule has 6 nitrogen and oxygen atoms in total. The van der Waals surface area contributed by atoms with Crippen LogP contribution in [0.25, 0.3) is 0 Å². The summed E-state index contributed by atoms with van der Waals surface area (Å²) in [6.45, 7) is 0.994. The molecule has 2 aliphatic rings. The number of methoxy groups -OCH3 is 1. The van der Waals surface area contributed by atoms with Crippen LogP contribution in [0.3, 0.4) is 0 Å².